The lowest BCUT2D eigenvalue weighted by atomic mass is 10.2. The maximum Gasteiger partial charge on any atom is 0.232 e. The lowest BCUT2D eigenvalue weighted by Gasteiger charge is -2.09. The highest BCUT2D eigenvalue weighted by Gasteiger charge is 2.12. The number of aryl methyl sites for hydroxylation is 2. The highest BCUT2D eigenvalue weighted by atomic mass is 32.2. The Morgan fingerprint density at radius 2 is 1.96 bits per heavy atom. The van der Waals surface area contributed by atoms with Crippen LogP contribution in [0, 0.1) is 13.8 Å². The van der Waals surface area contributed by atoms with Crippen LogP contribution in [0.15, 0.2) is 46.8 Å². The van der Waals surface area contributed by atoms with E-state index in [0.717, 1.165) is 21.2 Å². The highest BCUT2D eigenvalue weighted by molar-refractivity contribution is 8.01. The van der Waals surface area contributed by atoms with Crippen LogP contribution in [-0.2, 0) is 10.0 Å². The Balaban J connectivity index is 1.52. The van der Waals surface area contributed by atoms with E-state index < -0.39 is 10.0 Å². The van der Waals surface area contributed by atoms with Gasteiger partial charge in [-0.15, -0.1) is 11.3 Å². The average molecular weight is 393 g/mol. The van der Waals surface area contributed by atoms with Crippen molar-refractivity contribution in [3.05, 3.63) is 53.6 Å². The second-order valence-electron chi connectivity index (χ2n) is 5.89. The molecule has 3 aromatic rings. The van der Waals surface area contributed by atoms with Crippen molar-refractivity contribution in [2.75, 3.05) is 16.2 Å². The molecule has 0 radical (unpaired) electrons. The fourth-order valence-electron chi connectivity index (χ4n) is 2.39. The molecule has 0 atom stereocenters. The molecule has 0 aliphatic carbocycles. The molecule has 1 heterocycles. The molecular weight excluding hydrogens is 372 g/mol. The first kappa shape index (κ1) is 18.2. The summed E-state index contributed by atoms with van der Waals surface area (Å²) in [6.07, 6.45) is 0.584. The van der Waals surface area contributed by atoms with Crippen molar-refractivity contribution in [1.82, 2.24) is 4.98 Å². The van der Waals surface area contributed by atoms with Gasteiger partial charge in [0.05, 0.1) is 21.7 Å². The maximum absolute atomic E-state index is 12.2. The van der Waals surface area contributed by atoms with E-state index in [1.807, 2.05) is 25.1 Å². The molecule has 0 spiro atoms. The number of anilines is 1. The lowest BCUT2D eigenvalue weighted by Crippen LogP contribution is -2.17. The van der Waals surface area contributed by atoms with Gasteiger partial charge in [0.25, 0.3) is 0 Å². The molecule has 1 N–H and O–H groups in total. The van der Waals surface area contributed by atoms with Crippen molar-refractivity contribution >= 4 is 49.0 Å². The predicted octanol–water partition coefficient (Wildman–Crippen LogP) is 4.84. The number of aromatic nitrogens is 1. The number of nitrogens with one attached hydrogen (secondary N) is 1. The minimum absolute atomic E-state index is 0.109. The fraction of sp³-hybridized carbons (Fsp3) is 0.278. The number of para-hydroxylation sites is 1. The molecule has 2 aromatic carbocycles. The van der Waals surface area contributed by atoms with E-state index in [4.69, 9.17) is 0 Å². The van der Waals surface area contributed by atoms with Crippen LogP contribution in [0.3, 0.4) is 0 Å². The van der Waals surface area contributed by atoms with E-state index in [-0.39, 0.29) is 5.75 Å². The summed E-state index contributed by atoms with van der Waals surface area (Å²) < 4.78 is 29.2. The number of hydrogen-bond donors (Lipinski definition) is 1. The monoisotopic (exact) mass is 392 g/mol. The van der Waals surface area contributed by atoms with Gasteiger partial charge in [-0.25, -0.2) is 13.4 Å². The SMILES string of the molecule is Cc1ccc2sc(SCCCS(=O)(=O)Nc3ccccc3C)nc2c1. The molecule has 0 amide bonds. The number of nitrogens with zero attached hydrogens (tertiary/aromatic N) is 1. The number of fused-ring (bicyclic) bond motifs is 1. The average Bonchev–Trinajstić information content (AvgIpc) is 2.95. The molecule has 132 valence electrons. The van der Waals surface area contributed by atoms with E-state index >= 15 is 0 Å². The van der Waals surface area contributed by atoms with Crippen molar-refractivity contribution in [3.8, 4) is 0 Å². The third-order valence-electron chi connectivity index (χ3n) is 3.72. The third-order valence-corrected chi connectivity index (χ3v) is 7.34. The van der Waals surface area contributed by atoms with Crippen LogP contribution in [0.2, 0.25) is 0 Å². The quantitative estimate of drug-likeness (QED) is 0.462. The molecule has 3 rings (SSSR count). The van der Waals surface area contributed by atoms with Gasteiger partial charge in [-0.2, -0.15) is 0 Å². The fourth-order valence-corrected chi connectivity index (χ4v) is 5.82. The zero-order chi connectivity index (χ0) is 17.9. The molecule has 1 aromatic heterocycles. The number of hydrogen-bond acceptors (Lipinski definition) is 5. The van der Waals surface area contributed by atoms with Crippen molar-refractivity contribution in [1.29, 1.82) is 0 Å². The van der Waals surface area contributed by atoms with Gasteiger partial charge in [-0.05, 0) is 49.6 Å². The van der Waals surface area contributed by atoms with Gasteiger partial charge in [-0.3, -0.25) is 4.72 Å². The van der Waals surface area contributed by atoms with Crippen LogP contribution in [0.5, 0.6) is 0 Å². The topological polar surface area (TPSA) is 59.1 Å². The molecule has 0 fully saturated rings. The number of thiazole rings is 1. The van der Waals surface area contributed by atoms with Gasteiger partial charge in [0, 0.05) is 5.75 Å². The molecule has 7 heteroatoms. The number of benzene rings is 2. The molecule has 4 nitrogen and oxygen atoms in total. The predicted molar refractivity (Wildman–Crippen MR) is 108 cm³/mol. The molecule has 0 bridgehead atoms. The molecule has 0 aliphatic rings. The van der Waals surface area contributed by atoms with Crippen LogP contribution in [0.25, 0.3) is 10.2 Å². The summed E-state index contributed by atoms with van der Waals surface area (Å²) in [7, 11) is -3.32. The Kier molecular flexibility index (Phi) is 5.66. The second kappa shape index (κ2) is 7.76. The summed E-state index contributed by atoms with van der Waals surface area (Å²) in [4.78, 5) is 4.60. The Morgan fingerprint density at radius 3 is 2.76 bits per heavy atom. The van der Waals surface area contributed by atoms with Crippen LogP contribution >= 0.6 is 23.1 Å². The Bertz CT molecular complexity index is 981. The Morgan fingerprint density at radius 1 is 1.16 bits per heavy atom. The van der Waals surface area contributed by atoms with Gasteiger partial charge < -0.3 is 0 Å². The third kappa shape index (κ3) is 4.96. The van der Waals surface area contributed by atoms with Crippen LogP contribution < -0.4 is 4.72 Å². The van der Waals surface area contributed by atoms with Crippen LogP contribution in [0.1, 0.15) is 17.5 Å². The number of sulfonamides is 1. The summed E-state index contributed by atoms with van der Waals surface area (Å²) in [6, 6.07) is 13.6. The second-order valence-corrected chi connectivity index (χ2v) is 10.1. The van der Waals surface area contributed by atoms with Gasteiger partial charge in [-0.1, -0.05) is 36.0 Å². The Hall–Kier alpha value is -1.57. The van der Waals surface area contributed by atoms with E-state index in [1.165, 1.54) is 10.3 Å². The van der Waals surface area contributed by atoms with Gasteiger partial charge in [0.1, 0.15) is 0 Å². The van der Waals surface area contributed by atoms with Crippen molar-refractivity contribution < 1.29 is 8.42 Å². The standard InChI is InChI=1S/C18H20N2O2S3/c1-13-8-9-17-16(12-13)19-18(24-17)23-10-5-11-25(21,22)20-15-7-4-3-6-14(15)2/h3-4,6-9,12,20H,5,10-11H2,1-2H3. The van der Waals surface area contributed by atoms with E-state index in [2.05, 4.69) is 34.8 Å². The number of thioether (sulfide) groups is 1. The summed E-state index contributed by atoms with van der Waals surface area (Å²) >= 11 is 3.27. The summed E-state index contributed by atoms with van der Waals surface area (Å²) in [5, 5.41) is 0. The molecule has 0 unspecified atom stereocenters. The lowest BCUT2D eigenvalue weighted by molar-refractivity contribution is 0.600. The first-order chi connectivity index (χ1) is 11.9. The van der Waals surface area contributed by atoms with E-state index in [9.17, 15) is 8.42 Å². The largest absolute Gasteiger partial charge is 0.283 e. The first-order valence-electron chi connectivity index (χ1n) is 7.99. The molecule has 0 saturated heterocycles. The molecule has 0 saturated carbocycles. The van der Waals surface area contributed by atoms with Gasteiger partial charge >= 0.3 is 0 Å². The zero-order valence-corrected chi connectivity index (χ0v) is 16.6. The highest BCUT2D eigenvalue weighted by Crippen LogP contribution is 2.30. The van der Waals surface area contributed by atoms with Crippen LogP contribution in [0.4, 0.5) is 5.69 Å². The maximum atomic E-state index is 12.2. The van der Waals surface area contributed by atoms with E-state index in [0.29, 0.717) is 12.1 Å². The zero-order valence-electron chi connectivity index (χ0n) is 14.2. The minimum Gasteiger partial charge on any atom is -0.283 e. The molecular formula is C18H20N2O2S3. The molecule has 0 aliphatic heterocycles. The number of rotatable bonds is 7. The Labute approximate surface area is 156 Å². The molecule has 25 heavy (non-hydrogen) atoms. The summed E-state index contributed by atoms with van der Waals surface area (Å²) in [5.74, 6) is 0.839. The van der Waals surface area contributed by atoms with Crippen molar-refractivity contribution in [2.45, 2.75) is 24.6 Å². The normalized spacial score (nSPS) is 11.8. The smallest absolute Gasteiger partial charge is 0.232 e. The van der Waals surface area contributed by atoms with Crippen molar-refractivity contribution in [3.63, 3.8) is 0 Å². The van der Waals surface area contributed by atoms with E-state index in [1.54, 1.807) is 29.2 Å². The van der Waals surface area contributed by atoms with Gasteiger partial charge in [0.2, 0.25) is 10.0 Å². The van der Waals surface area contributed by atoms with Gasteiger partial charge in [0.15, 0.2) is 4.34 Å². The van der Waals surface area contributed by atoms with Crippen molar-refractivity contribution in [2.24, 2.45) is 0 Å². The summed E-state index contributed by atoms with van der Waals surface area (Å²) in [6.45, 7) is 3.94. The minimum atomic E-state index is -3.32. The first-order valence-corrected chi connectivity index (χ1v) is 11.4. The van der Waals surface area contributed by atoms with Crippen LogP contribution in [-0.4, -0.2) is 24.9 Å². The summed E-state index contributed by atoms with van der Waals surface area (Å²) in [5.41, 5.74) is 3.78.